The monoisotopic (exact) mass is 227 g/mol. The SMILES string of the molecule is NCc1cnc(Cl)cc1N1CCOCC1. The van der Waals surface area contributed by atoms with Crippen LogP contribution in [0, 0.1) is 0 Å². The fourth-order valence-electron chi connectivity index (χ4n) is 1.70. The smallest absolute Gasteiger partial charge is 0.131 e. The lowest BCUT2D eigenvalue weighted by Crippen LogP contribution is -2.37. The van der Waals surface area contributed by atoms with Crippen molar-refractivity contribution >= 4 is 17.3 Å². The average Bonchev–Trinajstić information content (AvgIpc) is 2.30. The van der Waals surface area contributed by atoms with Gasteiger partial charge in [0.2, 0.25) is 0 Å². The molecule has 82 valence electrons. The fourth-order valence-corrected chi connectivity index (χ4v) is 1.86. The summed E-state index contributed by atoms with van der Waals surface area (Å²) in [6.45, 7) is 3.76. The summed E-state index contributed by atoms with van der Waals surface area (Å²) in [6, 6.07) is 1.87. The number of nitrogens with zero attached hydrogens (tertiary/aromatic N) is 2. The van der Waals surface area contributed by atoms with Crippen molar-refractivity contribution in [3.8, 4) is 0 Å². The molecule has 15 heavy (non-hydrogen) atoms. The van der Waals surface area contributed by atoms with Crippen molar-refractivity contribution in [3.05, 3.63) is 23.0 Å². The first kappa shape index (κ1) is 10.7. The maximum atomic E-state index is 5.88. The average molecular weight is 228 g/mol. The molecular formula is C10H14ClN3O. The molecule has 0 radical (unpaired) electrons. The Morgan fingerprint density at radius 3 is 2.87 bits per heavy atom. The van der Waals surface area contributed by atoms with E-state index in [9.17, 15) is 0 Å². The van der Waals surface area contributed by atoms with E-state index in [1.54, 1.807) is 6.20 Å². The lowest BCUT2D eigenvalue weighted by Gasteiger charge is -2.30. The molecule has 0 aromatic carbocycles. The van der Waals surface area contributed by atoms with E-state index in [-0.39, 0.29) is 0 Å². The van der Waals surface area contributed by atoms with Crippen LogP contribution in [0.5, 0.6) is 0 Å². The number of aromatic nitrogens is 1. The van der Waals surface area contributed by atoms with Crippen molar-refractivity contribution in [2.75, 3.05) is 31.2 Å². The Morgan fingerprint density at radius 2 is 2.20 bits per heavy atom. The highest BCUT2D eigenvalue weighted by molar-refractivity contribution is 6.29. The van der Waals surface area contributed by atoms with E-state index < -0.39 is 0 Å². The summed E-state index contributed by atoms with van der Waals surface area (Å²) in [7, 11) is 0. The van der Waals surface area contributed by atoms with E-state index >= 15 is 0 Å². The molecular weight excluding hydrogens is 214 g/mol. The Balaban J connectivity index is 2.27. The largest absolute Gasteiger partial charge is 0.378 e. The molecule has 1 aliphatic heterocycles. The molecule has 0 aliphatic carbocycles. The summed E-state index contributed by atoms with van der Waals surface area (Å²) in [5.74, 6) is 0. The molecule has 2 N–H and O–H groups in total. The zero-order chi connectivity index (χ0) is 10.7. The number of morpholine rings is 1. The van der Waals surface area contributed by atoms with Gasteiger partial charge in [0.1, 0.15) is 5.15 Å². The Hall–Kier alpha value is -0.840. The van der Waals surface area contributed by atoms with Crippen molar-refractivity contribution in [3.63, 3.8) is 0 Å². The standard InChI is InChI=1S/C10H14ClN3O/c11-10-5-9(8(6-12)7-13-10)14-1-3-15-4-2-14/h5,7H,1-4,6,12H2. The molecule has 2 heterocycles. The number of hydrogen-bond donors (Lipinski definition) is 1. The van der Waals surface area contributed by atoms with Crippen LogP contribution in [0.4, 0.5) is 5.69 Å². The van der Waals surface area contributed by atoms with Gasteiger partial charge in [-0.15, -0.1) is 0 Å². The number of nitrogens with two attached hydrogens (primary N) is 1. The van der Waals surface area contributed by atoms with E-state index in [2.05, 4.69) is 9.88 Å². The molecule has 0 unspecified atom stereocenters. The van der Waals surface area contributed by atoms with E-state index in [4.69, 9.17) is 22.1 Å². The Morgan fingerprint density at radius 1 is 1.47 bits per heavy atom. The molecule has 1 aromatic rings. The second-order valence-electron chi connectivity index (χ2n) is 3.44. The van der Waals surface area contributed by atoms with Crippen LogP contribution in [0.3, 0.4) is 0 Å². The van der Waals surface area contributed by atoms with Crippen molar-refractivity contribution in [1.29, 1.82) is 0 Å². The van der Waals surface area contributed by atoms with E-state index in [1.165, 1.54) is 0 Å². The summed E-state index contributed by atoms with van der Waals surface area (Å²) < 4.78 is 5.30. The highest BCUT2D eigenvalue weighted by Gasteiger charge is 2.14. The fraction of sp³-hybridized carbons (Fsp3) is 0.500. The molecule has 0 spiro atoms. The van der Waals surface area contributed by atoms with Gasteiger partial charge < -0.3 is 15.4 Å². The molecule has 1 saturated heterocycles. The first-order chi connectivity index (χ1) is 7.31. The lowest BCUT2D eigenvalue weighted by atomic mass is 10.2. The first-order valence-electron chi connectivity index (χ1n) is 4.98. The van der Waals surface area contributed by atoms with Crippen LogP contribution in [0.2, 0.25) is 5.15 Å². The molecule has 1 fully saturated rings. The highest BCUT2D eigenvalue weighted by atomic mass is 35.5. The number of rotatable bonds is 2. The quantitative estimate of drug-likeness (QED) is 0.767. The topological polar surface area (TPSA) is 51.4 Å². The van der Waals surface area contributed by atoms with Crippen molar-refractivity contribution in [2.24, 2.45) is 5.73 Å². The summed E-state index contributed by atoms with van der Waals surface area (Å²) in [5, 5.41) is 0.508. The maximum Gasteiger partial charge on any atom is 0.131 e. The number of halogens is 1. The molecule has 1 aliphatic rings. The van der Waals surface area contributed by atoms with Gasteiger partial charge in [-0.25, -0.2) is 4.98 Å². The third-order valence-electron chi connectivity index (χ3n) is 2.50. The van der Waals surface area contributed by atoms with Crippen LogP contribution < -0.4 is 10.6 Å². The highest BCUT2D eigenvalue weighted by Crippen LogP contribution is 2.23. The van der Waals surface area contributed by atoms with Gasteiger partial charge in [0, 0.05) is 37.1 Å². The van der Waals surface area contributed by atoms with E-state index in [1.807, 2.05) is 6.07 Å². The van der Waals surface area contributed by atoms with Crippen molar-refractivity contribution in [1.82, 2.24) is 4.98 Å². The maximum absolute atomic E-state index is 5.88. The zero-order valence-electron chi connectivity index (χ0n) is 8.45. The second-order valence-corrected chi connectivity index (χ2v) is 3.83. The van der Waals surface area contributed by atoms with Gasteiger partial charge in [0.15, 0.2) is 0 Å². The Kier molecular flexibility index (Phi) is 3.41. The predicted molar refractivity (Wildman–Crippen MR) is 60.2 cm³/mol. The number of ether oxygens (including phenoxy) is 1. The van der Waals surface area contributed by atoms with Crippen LogP contribution in [0.15, 0.2) is 12.3 Å². The van der Waals surface area contributed by atoms with Gasteiger partial charge in [0.25, 0.3) is 0 Å². The van der Waals surface area contributed by atoms with Gasteiger partial charge >= 0.3 is 0 Å². The molecule has 0 atom stereocenters. The molecule has 5 heteroatoms. The minimum Gasteiger partial charge on any atom is -0.378 e. The van der Waals surface area contributed by atoms with Crippen LogP contribution in [-0.4, -0.2) is 31.3 Å². The van der Waals surface area contributed by atoms with Crippen LogP contribution in [0.1, 0.15) is 5.56 Å². The van der Waals surface area contributed by atoms with Gasteiger partial charge in [-0.2, -0.15) is 0 Å². The van der Waals surface area contributed by atoms with Crippen LogP contribution in [0.25, 0.3) is 0 Å². The summed E-state index contributed by atoms with van der Waals surface area (Å²) in [4.78, 5) is 6.27. The Bertz CT molecular complexity index is 339. The third-order valence-corrected chi connectivity index (χ3v) is 2.71. The molecule has 0 saturated carbocycles. The summed E-state index contributed by atoms with van der Waals surface area (Å²) in [5.41, 5.74) is 7.78. The van der Waals surface area contributed by atoms with Crippen LogP contribution in [-0.2, 0) is 11.3 Å². The van der Waals surface area contributed by atoms with Gasteiger partial charge in [-0.3, -0.25) is 0 Å². The number of hydrogen-bond acceptors (Lipinski definition) is 4. The third kappa shape index (κ3) is 2.40. The second kappa shape index (κ2) is 4.79. The van der Waals surface area contributed by atoms with E-state index in [0.29, 0.717) is 11.7 Å². The lowest BCUT2D eigenvalue weighted by molar-refractivity contribution is 0.122. The normalized spacial score (nSPS) is 16.8. The van der Waals surface area contributed by atoms with Gasteiger partial charge in [-0.1, -0.05) is 11.6 Å². The summed E-state index contributed by atoms with van der Waals surface area (Å²) >= 11 is 5.88. The Labute approximate surface area is 94.0 Å². The predicted octanol–water partition coefficient (Wildman–Crippen LogP) is 1.03. The number of anilines is 1. The minimum absolute atomic E-state index is 0.483. The van der Waals surface area contributed by atoms with Gasteiger partial charge in [0.05, 0.1) is 13.2 Å². The zero-order valence-corrected chi connectivity index (χ0v) is 9.20. The molecule has 0 amide bonds. The summed E-state index contributed by atoms with van der Waals surface area (Å²) in [6.07, 6.45) is 1.74. The minimum atomic E-state index is 0.483. The number of pyridine rings is 1. The molecule has 4 nitrogen and oxygen atoms in total. The van der Waals surface area contributed by atoms with E-state index in [0.717, 1.165) is 37.6 Å². The molecule has 1 aromatic heterocycles. The van der Waals surface area contributed by atoms with Crippen molar-refractivity contribution in [2.45, 2.75) is 6.54 Å². The van der Waals surface area contributed by atoms with Gasteiger partial charge in [-0.05, 0) is 6.07 Å². The van der Waals surface area contributed by atoms with Crippen molar-refractivity contribution < 1.29 is 4.74 Å². The molecule has 0 bridgehead atoms. The molecule has 2 rings (SSSR count). The first-order valence-corrected chi connectivity index (χ1v) is 5.36. The van der Waals surface area contributed by atoms with Crippen LogP contribution >= 0.6 is 11.6 Å².